The molecule has 0 aromatic heterocycles. The maximum atomic E-state index is 13.6. The van der Waals surface area contributed by atoms with Gasteiger partial charge in [-0.25, -0.2) is 0 Å². The van der Waals surface area contributed by atoms with Gasteiger partial charge in [-0.2, -0.15) is 0 Å². The Balaban J connectivity index is 1.63. The number of carbonyl (C=O) groups excluding carboxylic acids is 3. The monoisotopic (exact) mass is 505 g/mol. The van der Waals surface area contributed by atoms with Gasteiger partial charge in [0.1, 0.15) is 17.4 Å². The highest BCUT2D eigenvalue weighted by molar-refractivity contribution is 6.24. The highest BCUT2D eigenvalue weighted by Gasteiger charge is 2.63. The van der Waals surface area contributed by atoms with Gasteiger partial charge in [-0.3, -0.25) is 14.4 Å². The van der Waals surface area contributed by atoms with Gasteiger partial charge in [-0.1, -0.05) is 51.1 Å². The topological polar surface area (TPSA) is 158 Å². The Hall–Kier alpha value is -3.49. The summed E-state index contributed by atoms with van der Waals surface area (Å²) in [6, 6.07) is 11.2. The van der Waals surface area contributed by atoms with Crippen LogP contribution in [0.5, 0.6) is 5.75 Å². The number of aromatic hydroxyl groups is 1. The molecule has 0 aliphatic heterocycles. The van der Waals surface area contributed by atoms with E-state index in [0.29, 0.717) is 5.56 Å². The summed E-state index contributed by atoms with van der Waals surface area (Å²) in [6.45, 7) is 6.36. The van der Waals surface area contributed by atoms with E-state index in [1.54, 1.807) is 6.07 Å². The summed E-state index contributed by atoms with van der Waals surface area (Å²) in [4.78, 5) is 38.5. The normalized spacial score (nSPS) is 29.4. The van der Waals surface area contributed by atoms with Gasteiger partial charge in [0.25, 0.3) is 0 Å². The zero-order chi connectivity index (χ0) is 27.0. The van der Waals surface area contributed by atoms with E-state index in [4.69, 9.17) is 5.73 Å². The molecule has 0 heterocycles. The standard InChI is InChI=1S/C29H31NO7/c1-28(2,3)15-6-4-13(5-7-15)17-8-9-19(31)22-18(17)11-14-10-16-12-20(32)23(27(30)36)26(35)29(16,37)25(34)21(14)24(22)33/h4-9,14,16,20,23,31-33,37H,10-12H2,1-3H3,(H2,30,36)/t14-,16+,20?,23?,29+/m1/s1. The molecule has 1 amide bonds. The molecule has 0 bridgehead atoms. The van der Waals surface area contributed by atoms with Crippen molar-refractivity contribution in [2.45, 2.75) is 57.2 Å². The van der Waals surface area contributed by atoms with Crippen LogP contribution in [0.2, 0.25) is 0 Å². The molecule has 37 heavy (non-hydrogen) atoms. The molecule has 5 atom stereocenters. The van der Waals surface area contributed by atoms with E-state index < -0.39 is 52.7 Å². The fourth-order valence-corrected chi connectivity index (χ4v) is 6.35. The molecule has 0 radical (unpaired) electrons. The number of carbonyl (C=O) groups is 3. The number of primary amides is 1. The minimum Gasteiger partial charge on any atom is -0.507 e. The number of hydrogen-bond acceptors (Lipinski definition) is 7. The van der Waals surface area contributed by atoms with Crippen LogP contribution < -0.4 is 5.73 Å². The molecule has 0 spiro atoms. The summed E-state index contributed by atoms with van der Waals surface area (Å²) in [6.07, 6.45) is -1.14. The van der Waals surface area contributed by atoms with Crippen molar-refractivity contribution in [1.82, 2.24) is 0 Å². The molecule has 8 nitrogen and oxygen atoms in total. The molecular weight excluding hydrogens is 474 g/mol. The van der Waals surface area contributed by atoms with E-state index in [0.717, 1.165) is 16.7 Å². The number of fused-ring (bicyclic) bond motifs is 3. The largest absolute Gasteiger partial charge is 0.507 e. The Bertz CT molecular complexity index is 1370. The van der Waals surface area contributed by atoms with Crippen LogP contribution in [0, 0.1) is 17.8 Å². The van der Waals surface area contributed by atoms with E-state index in [1.165, 1.54) is 6.07 Å². The second kappa shape index (κ2) is 8.26. The van der Waals surface area contributed by atoms with E-state index >= 15 is 0 Å². The second-order valence-electron chi connectivity index (χ2n) is 11.6. The Kier molecular flexibility index (Phi) is 5.62. The first-order valence-corrected chi connectivity index (χ1v) is 12.4. The van der Waals surface area contributed by atoms with Gasteiger partial charge in [0, 0.05) is 11.5 Å². The van der Waals surface area contributed by atoms with Crippen LogP contribution in [-0.2, 0) is 26.2 Å². The molecule has 8 heteroatoms. The molecule has 5 rings (SSSR count). The molecule has 2 aromatic rings. The van der Waals surface area contributed by atoms with Gasteiger partial charge in [0.2, 0.25) is 11.7 Å². The van der Waals surface area contributed by atoms with Crippen molar-refractivity contribution in [3.63, 3.8) is 0 Å². The van der Waals surface area contributed by atoms with Gasteiger partial charge in [0.15, 0.2) is 11.4 Å². The van der Waals surface area contributed by atoms with Crippen LogP contribution in [0.1, 0.15) is 50.3 Å². The van der Waals surface area contributed by atoms with Gasteiger partial charge >= 0.3 is 0 Å². The van der Waals surface area contributed by atoms with Crippen LogP contribution in [0.15, 0.2) is 42.0 Å². The number of rotatable bonds is 2. The molecule has 2 saturated carbocycles. The molecule has 3 aliphatic rings. The highest BCUT2D eigenvalue weighted by Crippen LogP contribution is 2.52. The maximum Gasteiger partial charge on any atom is 0.230 e. The minimum atomic E-state index is -2.58. The predicted octanol–water partition coefficient (Wildman–Crippen LogP) is 2.55. The molecule has 2 aromatic carbocycles. The van der Waals surface area contributed by atoms with Crippen molar-refractivity contribution >= 4 is 23.2 Å². The number of hydrogen-bond donors (Lipinski definition) is 5. The zero-order valence-electron chi connectivity index (χ0n) is 21.0. The van der Waals surface area contributed by atoms with E-state index in [1.807, 2.05) is 24.3 Å². The van der Waals surface area contributed by atoms with Crippen LogP contribution in [-0.4, -0.2) is 49.6 Å². The van der Waals surface area contributed by atoms with E-state index in [9.17, 15) is 34.8 Å². The second-order valence-corrected chi connectivity index (χ2v) is 11.6. The Morgan fingerprint density at radius 3 is 2.27 bits per heavy atom. The van der Waals surface area contributed by atoms with Gasteiger partial charge in [0.05, 0.1) is 11.7 Å². The third-order valence-electron chi connectivity index (χ3n) is 8.33. The lowest BCUT2D eigenvalue weighted by Crippen LogP contribution is -2.66. The Morgan fingerprint density at radius 1 is 1.03 bits per heavy atom. The summed E-state index contributed by atoms with van der Waals surface area (Å²) < 4.78 is 0. The molecule has 6 N–H and O–H groups in total. The van der Waals surface area contributed by atoms with Gasteiger partial charge < -0.3 is 26.2 Å². The molecule has 0 saturated heterocycles. The third-order valence-corrected chi connectivity index (χ3v) is 8.33. The highest BCUT2D eigenvalue weighted by atomic mass is 16.3. The average Bonchev–Trinajstić information content (AvgIpc) is 2.81. The number of aliphatic hydroxyl groups is 3. The lowest BCUT2D eigenvalue weighted by atomic mass is 9.56. The molecule has 2 unspecified atom stereocenters. The van der Waals surface area contributed by atoms with Crippen LogP contribution in [0.3, 0.4) is 0 Å². The fourth-order valence-electron chi connectivity index (χ4n) is 6.35. The number of nitrogens with two attached hydrogens (primary N) is 1. The van der Waals surface area contributed by atoms with Crippen molar-refractivity contribution in [3.8, 4) is 16.9 Å². The fraction of sp³-hybridized carbons (Fsp3) is 0.414. The third kappa shape index (κ3) is 3.61. The van der Waals surface area contributed by atoms with Crippen LogP contribution in [0.25, 0.3) is 16.9 Å². The van der Waals surface area contributed by atoms with Crippen molar-refractivity contribution in [3.05, 3.63) is 58.7 Å². The number of amides is 1. The van der Waals surface area contributed by atoms with E-state index in [2.05, 4.69) is 20.8 Å². The molecule has 3 aliphatic carbocycles. The number of ketones is 2. The van der Waals surface area contributed by atoms with Crippen molar-refractivity contribution < 1.29 is 34.8 Å². The van der Waals surface area contributed by atoms with Gasteiger partial charge in [-0.05, 0) is 58.9 Å². The summed E-state index contributed by atoms with van der Waals surface area (Å²) >= 11 is 0. The molecule has 2 fully saturated rings. The SMILES string of the molecule is CC(C)(C)c1ccc(-c2ccc(O)c3c2C[C@H]2C[C@H]4CC(O)C(C(N)=O)C(=O)[C@@]4(O)C(=O)C2=C3O)cc1. The first-order chi connectivity index (χ1) is 17.3. The smallest absolute Gasteiger partial charge is 0.230 e. The van der Waals surface area contributed by atoms with Crippen molar-refractivity contribution in [2.24, 2.45) is 23.5 Å². The van der Waals surface area contributed by atoms with Crippen LogP contribution in [0.4, 0.5) is 0 Å². The Morgan fingerprint density at radius 2 is 1.68 bits per heavy atom. The Labute approximate surface area is 214 Å². The number of phenolic OH excluding ortho intramolecular Hbond substituents is 1. The lowest BCUT2D eigenvalue weighted by Gasteiger charge is -2.48. The summed E-state index contributed by atoms with van der Waals surface area (Å²) in [5, 5.41) is 43.7. The number of benzene rings is 2. The quantitative estimate of drug-likeness (QED) is 0.392. The number of Topliss-reactive ketones (excluding diaryl/α,β-unsaturated/α-hetero) is 2. The van der Waals surface area contributed by atoms with Crippen molar-refractivity contribution in [2.75, 3.05) is 0 Å². The zero-order valence-corrected chi connectivity index (χ0v) is 21.0. The minimum absolute atomic E-state index is 0.0302. The number of phenols is 1. The summed E-state index contributed by atoms with van der Waals surface area (Å²) in [5.41, 5.74) is 6.11. The summed E-state index contributed by atoms with van der Waals surface area (Å²) in [7, 11) is 0. The number of aliphatic hydroxyl groups excluding tert-OH is 2. The first kappa shape index (κ1) is 25.2. The lowest BCUT2D eigenvalue weighted by molar-refractivity contribution is -0.174. The maximum absolute atomic E-state index is 13.6. The molecular formula is C29H31NO7. The summed E-state index contributed by atoms with van der Waals surface area (Å²) in [5.74, 6) is -7.17. The predicted molar refractivity (Wildman–Crippen MR) is 135 cm³/mol. The molecule has 194 valence electrons. The average molecular weight is 506 g/mol. The van der Waals surface area contributed by atoms with Crippen molar-refractivity contribution in [1.29, 1.82) is 0 Å². The van der Waals surface area contributed by atoms with Gasteiger partial charge in [-0.15, -0.1) is 0 Å². The van der Waals surface area contributed by atoms with Crippen LogP contribution >= 0.6 is 0 Å². The first-order valence-electron chi connectivity index (χ1n) is 12.4. The van der Waals surface area contributed by atoms with E-state index in [-0.39, 0.29) is 41.6 Å².